The van der Waals surface area contributed by atoms with Gasteiger partial charge in [-0.1, -0.05) is 24.4 Å². The first-order chi connectivity index (χ1) is 11.6. The number of para-hydroxylation sites is 1. The Morgan fingerprint density at radius 1 is 1.04 bits per heavy atom. The molecule has 1 fully saturated rings. The zero-order chi connectivity index (χ0) is 17.1. The van der Waals surface area contributed by atoms with Gasteiger partial charge in [0.1, 0.15) is 10.7 Å². The van der Waals surface area contributed by atoms with Crippen LogP contribution in [0, 0.1) is 10.1 Å². The number of rotatable bonds is 3. The Morgan fingerprint density at radius 3 is 2.25 bits per heavy atom. The summed E-state index contributed by atoms with van der Waals surface area (Å²) in [5.41, 5.74) is 1.74. The fraction of sp³-hybridized carbons (Fsp3) is 0.235. The average Bonchev–Trinajstić information content (AvgIpc) is 2.62. The monoisotopic (exact) mass is 343 g/mol. The standard InChI is InChI=1S/C17H17N3O3S/c21-16-4-2-1-3-15(16)17(24)19-11-9-18(10-12-19)13-5-7-14(8-6-13)20(22)23/h1-8,21H,9-12H2. The number of thiocarbonyl (C=S) groups is 1. The lowest BCUT2D eigenvalue weighted by molar-refractivity contribution is -0.384. The van der Waals surface area contributed by atoms with Gasteiger partial charge in [-0.2, -0.15) is 0 Å². The molecule has 3 rings (SSSR count). The van der Waals surface area contributed by atoms with E-state index in [1.807, 2.05) is 12.1 Å². The minimum atomic E-state index is -0.396. The molecule has 1 heterocycles. The molecule has 0 radical (unpaired) electrons. The van der Waals surface area contributed by atoms with Crippen LogP contribution in [0.5, 0.6) is 5.75 Å². The van der Waals surface area contributed by atoms with Gasteiger partial charge >= 0.3 is 0 Å². The first-order valence-corrected chi connectivity index (χ1v) is 8.04. The van der Waals surface area contributed by atoms with E-state index in [2.05, 4.69) is 9.80 Å². The van der Waals surface area contributed by atoms with Crippen LogP contribution in [0.2, 0.25) is 0 Å². The molecule has 7 heteroatoms. The van der Waals surface area contributed by atoms with Crippen LogP contribution in [-0.2, 0) is 0 Å². The van der Waals surface area contributed by atoms with Crippen molar-refractivity contribution in [3.8, 4) is 5.75 Å². The zero-order valence-electron chi connectivity index (χ0n) is 13.0. The van der Waals surface area contributed by atoms with Crippen LogP contribution < -0.4 is 4.90 Å². The molecule has 6 nitrogen and oxygen atoms in total. The zero-order valence-corrected chi connectivity index (χ0v) is 13.8. The van der Waals surface area contributed by atoms with Gasteiger partial charge in [-0.25, -0.2) is 0 Å². The number of anilines is 1. The van der Waals surface area contributed by atoms with E-state index in [0.29, 0.717) is 10.6 Å². The van der Waals surface area contributed by atoms with Crippen LogP contribution in [0.25, 0.3) is 0 Å². The summed E-state index contributed by atoms with van der Waals surface area (Å²) in [6, 6.07) is 13.7. The second kappa shape index (κ2) is 6.84. The molecule has 2 aromatic carbocycles. The lowest BCUT2D eigenvalue weighted by atomic mass is 10.1. The maximum atomic E-state index is 10.7. The summed E-state index contributed by atoms with van der Waals surface area (Å²) in [4.78, 5) is 15.2. The normalized spacial score (nSPS) is 14.5. The van der Waals surface area contributed by atoms with Gasteiger partial charge in [0.05, 0.1) is 10.5 Å². The van der Waals surface area contributed by atoms with Gasteiger partial charge < -0.3 is 14.9 Å². The number of phenolic OH excluding ortho intramolecular Hbond substituents is 1. The Labute approximate surface area is 145 Å². The molecule has 1 aliphatic heterocycles. The van der Waals surface area contributed by atoms with Gasteiger partial charge in [-0.05, 0) is 24.3 Å². The molecular weight excluding hydrogens is 326 g/mol. The number of piperazine rings is 1. The molecule has 0 bridgehead atoms. The summed E-state index contributed by atoms with van der Waals surface area (Å²) in [6.45, 7) is 3.02. The Bertz CT molecular complexity index is 756. The van der Waals surface area contributed by atoms with Crippen molar-refractivity contribution in [1.82, 2.24) is 4.90 Å². The lowest BCUT2D eigenvalue weighted by Crippen LogP contribution is -2.48. The molecule has 0 unspecified atom stereocenters. The number of hydrogen-bond donors (Lipinski definition) is 1. The average molecular weight is 343 g/mol. The van der Waals surface area contributed by atoms with E-state index in [4.69, 9.17) is 12.2 Å². The Balaban J connectivity index is 1.64. The smallest absolute Gasteiger partial charge is 0.269 e. The van der Waals surface area contributed by atoms with E-state index < -0.39 is 4.92 Å². The number of aromatic hydroxyl groups is 1. The fourth-order valence-corrected chi connectivity index (χ4v) is 3.13. The van der Waals surface area contributed by atoms with Crippen molar-refractivity contribution in [2.75, 3.05) is 31.1 Å². The van der Waals surface area contributed by atoms with Crippen LogP contribution in [0.4, 0.5) is 11.4 Å². The Morgan fingerprint density at radius 2 is 1.67 bits per heavy atom. The van der Waals surface area contributed by atoms with Crippen molar-refractivity contribution in [1.29, 1.82) is 0 Å². The fourth-order valence-electron chi connectivity index (χ4n) is 2.78. The predicted molar refractivity (Wildman–Crippen MR) is 96.7 cm³/mol. The SMILES string of the molecule is O=[N+]([O-])c1ccc(N2CCN(C(=S)c3ccccc3O)CC2)cc1. The van der Waals surface area contributed by atoms with Gasteiger partial charge in [0.25, 0.3) is 5.69 Å². The summed E-state index contributed by atoms with van der Waals surface area (Å²) in [7, 11) is 0. The maximum Gasteiger partial charge on any atom is 0.269 e. The first-order valence-electron chi connectivity index (χ1n) is 7.63. The van der Waals surface area contributed by atoms with E-state index in [9.17, 15) is 15.2 Å². The van der Waals surface area contributed by atoms with Crippen LogP contribution in [0.1, 0.15) is 5.56 Å². The molecule has 0 spiro atoms. The molecule has 0 saturated carbocycles. The highest BCUT2D eigenvalue weighted by atomic mass is 32.1. The third-order valence-corrected chi connectivity index (χ3v) is 4.61. The predicted octanol–water partition coefficient (Wildman–Crippen LogP) is 2.80. The number of nitro groups is 1. The van der Waals surface area contributed by atoms with E-state index >= 15 is 0 Å². The third kappa shape index (κ3) is 3.30. The van der Waals surface area contributed by atoms with Crippen molar-refractivity contribution in [2.45, 2.75) is 0 Å². The van der Waals surface area contributed by atoms with E-state index in [1.165, 1.54) is 12.1 Å². The molecule has 1 aliphatic rings. The van der Waals surface area contributed by atoms with Crippen molar-refractivity contribution in [3.05, 3.63) is 64.2 Å². The topological polar surface area (TPSA) is 69.9 Å². The van der Waals surface area contributed by atoms with Crippen LogP contribution >= 0.6 is 12.2 Å². The number of hydrogen-bond acceptors (Lipinski definition) is 5. The molecular formula is C17H17N3O3S. The van der Waals surface area contributed by atoms with Gasteiger partial charge in [0, 0.05) is 44.0 Å². The summed E-state index contributed by atoms with van der Waals surface area (Å²) in [5, 5.41) is 20.7. The first kappa shape index (κ1) is 16.2. The second-order valence-electron chi connectivity index (χ2n) is 5.57. The molecule has 0 aromatic heterocycles. The summed E-state index contributed by atoms with van der Waals surface area (Å²) >= 11 is 5.50. The van der Waals surface area contributed by atoms with E-state index in [-0.39, 0.29) is 11.4 Å². The van der Waals surface area contributed by atoms with Gasteiger partial charge in [-0.15, -0.1) is 0 Å². The highest BCUT2D eigenvalue weighted by Crippen LogP contribution is 2.23. The minimum absolute atomic E-state index is 0.0955. The molecule has 24 heavy (non-hydrogen) atoms. The molecule has 0 atom stereocenters. The Hall–Kier alpha value is -2.67. The molecule has 2 aromatic rings. The van der Waals surface area contributed by atoms with Gasteiger partial charge in [-0.3, -0.25) is 10.1 Å². The van der Waals surface area contributed by atoms with E-state index in [0.717, 1.165) is 31.9 Å². The maximum absolute atomic E-state index is 10.7. The highest BCUT2D eigenvalue weighted by molar-refractivity contribution is 7.80. The quantitative estimate of drug-likeness (QED) is 0.525. The van der Waals surface area contributed by atoms with Crippen molar-refractivity contribution < 1.29 is 10.0 Å². The number of nitro benzene ring substituents is 1. The number of benzene rings is 2. The van der Waals surface area contributed by atoms with Crippen LogP contribution in [0.15, 0.2) is 48.5 Å². The molecule has 0 aliphatic carbocycles. The van der Waals surface area contributed by atoms with Crippen LogP contribution in [-0.4, -0.2) is 46.1 Å². The molecule has 0 amide bonds. The third-order valence-electron chi connectivity index (χ3n) is 4.13. The van der Waals surface area contributed by atoms with E-state index in [1.54, 1.807) is 24.3 Å². The lowest BCUT2D eigenvalue weighted by Gasteiger charge is -2.37. The highest BCUT2D eigenvalue weighted by Gasteiger charge is 2.21. The molecule has 1 N–H and O–H groups in total. The van der Waals surface area contributed by atoms with Crippen molar-refractivity contribution >= 4 is 28.6 Å². The number of nitrogens with zero attached hydrogens (tertiary/aromatic N) is 3. The van der Waals surface area contributed by atoms with Crippen LogP contribution in [0.3, 0.4) is 0 Å². The number of phenols is 1. The van der Waals surface area contributed by atoms with Crippen molar-refractivity contribution in [2.24, 2.45) is 0 Å². The summed E-state index contributed by atoms with van der Waals surface area (Å²) in [6.07, 6.45) is 0. The van der Waals surface area contributed by atoms with Crippen molar-refractivity contribution in [3.63, 3.8) is 0 Å². The van der Waals surface area contributed by atoms with Gasteiger partial charge in [0.15, 0.2) is 0 Å². The second-order valence-corrected chi connectivity index (χ2v) is 5.96. The molecule has 124 valence electrons. The summed E-state index contributed by atoms with van der Waals surface area (Å²) in [5.74, 6) is 0.195. The Kier molecular flexibility index (Phi) is 4.61. The molecule has 1 saturated heterocycles. The van der Waals surface area contributed by atoms with Gasteiger partial charge in [0.2, 0.25) is 0 Å². The number of non-ortho nitro benzene ring substituents is 1. The minimum Gasteiger partial charge on any atom is -0.507 e. The largest absolute Gasteiger partial charge is 0.507 e. The summed E-state index contributed by atoms with van der Waals surface area (Å²) < 4.78 is 0.